The van der Waals surface area contributed by atoms with Gasteiger partial charge in [0.25, 0.3) is 0 Å². The van der Waals surface area contributed by atoms with Gasteiger partial charge in [-0.25, -0.2) is 4.79 Å². The molecule has 110 valence electrons. The van der Waals surface area contributed by atoms with Crippen LogP contribution in [0.1, 0.15) is 12.8 Å². The van der Waals surface area contributed by atoms with Crippen molar-refractivity contribution in [1.82, 2.24) is 14.7 Å². The van der Waals surface area contributed by atoms with Gasteiger partial charge in [-0.3, -0.25) is 0 Å². The number of urea groups is 1. The Labute approximate surface area is 115 Å². The standard InChI is InChI=1S/C13H26N4O2/c14-3-1-4-15-5-2-6-16(8-7-15)13(18)17-9-11-19-12-10-17/h1-12,14H2. The first-order valence-corrected chi connectivity index (χ1v) is 7.35. The number of ether oxygens (including phenoxy) is 1. The molecular weight excluding hydrogens is 244 g/mol. The summed E-state index contributed by atoms with van der Waals surface area (Å²) in [5.41, 5.74) is 5.55. The maximum Gasteiger partial charge on any atom is 0.320 e. The number of carbonyl (C=O) groups excluding carboxylic acids is 1. The van der Waals surface area contributed by atoms with Gasteiger partial charge >= 0.3 is 6.03 Å². The SMILES string of the molecule is NCCCN1CCCN(C(=O)N2CCOCC2)CC1. The molecule has 2 heterocycles. The second kappa shape index (κ2) is 7.67. The lowest BCUT2D eigenvalue weighted by Crippen LogP contribution is -2.49. The summed E-state index contributed by atoms with van der Waals surface area (Å²) in [6, 6.07) is 0.184. The molecule has 0 bridgehead atoms. The number of carbonyl (C=O) groups is 1. The minimum Gasteiger partial charge on any atom is -0.378 e. The van der Waals surface area contributed by atoms with E-state index in [1.807, 2.05) is 9.80 Å². The zero-order chi connectivity index (χ0) is 13.5. The van der Waals surface area contributed by atoms with Gasteiger partial charge < -0.3 is 25.2 Å². The summed E-state index contributed by atoms with van der Waals surface area (Å²) in [5.74, 6) is 0. The minimum atomic E-state index is 0.184. The molecule has 0 saturated carbocycles. The predicted molar refractivity (Wildman–Crippen MR) is 74.1 cm³/mol. The molecular formula is C13H26N4O2. The Morgan fingerprint density at radius 1 is 1.00 bits per heavy atom. The summed E-state index contributed by atoms with van der Waals surface area (Å²) < 4.78 is 5.29. The molecule has 0 radical (unpaired) electrons. The first kappa shape index (κ1) is 14.6. The van der Waals surface area contributed by atoms with Gasteiger partial charge in [0.2, 0.25) is 0 Å². The summed E-state index contributed by atoms with van der Waals surface area (Å²) >= 11 is 0. The molecule has 2 aliphatic rings. The van der Waals surface area contributed by atoms with Crippen molar-refractivity contribution in [1.29, 1.82) is 0 Å². The third-order valence-electron chi connectivity index (χ3n) is 3.82. The van der Waals surface area contributed by atoms with Crippen LogP contribution >= 0.6 is 0 Å². The third-order valence-corrected chi connectivity index (χ3v) is 3.82. The Balaban J connectivity index is 1.79. The maximum atomic E-state index is 12.4. The van der Waals surface area contributed by atoms with Crippen molar-refractivity contribution in [2.75, 3.05) is 65.6 Å². The fourth-order valence-electron chi connectivity index (χ4n) is 2.66. The van der Waals surface area contributed by atoms with Gasteiger partial charge in [0, 0.05) is 32.7 Å². The van der Waals surface area contributed by atoms with Crippen LogP contribution in [-0.2, 0) is 4.74 Å². The van der Waals surface area contributed by atoms with E-state index in [0.29, 0.717) is 13.2 Å². The van der Waals surface area contributed by atoms with Crippen LogP contribution in [0.25, 0.3) is 0 Å². The topological polar surface area (TPSA) is 62.0 Å². The van der Waals surface area contributed by atoms with Crippen molar-refractivity contribution in [3.8, 4) is 0 Å². The van der Waals surface area contributed by atoms with Gasteiger partial charge in [0.05, 0.1) is 13.2 Å². The molecule has 2 saturated heterocycles. The van der Waals surface area contributed by atoms with E-state index in [9.17, 15) is 4.79 Å². The molecule has 0 aromatic carbocycles. The van der Waals surface area contributed by atoms with Crippen LogP contribution in [0.15, 0.2) is 0 Å². The summed E-state index contributed by atoms with van der Waals surface area (Å²) in [5, 5.41) is 0. The zero-order valence-corrected chi connectivity index (χ0v) is 11.7. The van der Waals surface area contributed by atoms with Crippen LogP contribution in [0.2, 0.25) is 0 Å². The summed E-state index contributed by atoms with van der Waals surface area (Å²) in [7, 11) is 0. The van der Waals surface area contributed by atoms with Crippen molar-refractivity contribution < 1.29 is 9.53 Å². The number of rotatable bonds is 3. The van der Waals surface area contributed by atoms with E-state index in [1.165, 1.54) is 0 Å². The van der Waals surface area contributed by atoms with E-state index in [0.717, 1.165) is 65.2 Å². The highest BCUT2D eigenvalue weighted by Crippen LogP contribution is 2.08. The van der Waals surface area contributed by atoms with Crippen molar-refractivity contribution >= 4 is 6.03 Å². The van der Waals surface area contributed by atoms with E-state index < -0.39 is 0 Å². The molecule has 0 unspecified atom stereocenters. The van der Waals surface area contributed by atoms with Crippen LogP contribution in [-0.4, -0.2) is 86.3 Å². The molecule has 2 rings (SSSR count). The molecule has 0 aliphatic carbocycles. The molecule has 0 spiro atoms. The smallest absolute Gasteiger partial charge is 0.320 e. The normalized spacial score (nSPS) is 22.4. The van der Waals surface area contributed by atoms with Crippen molar-refractivity contribution in [3.05, 3.63) is 0 Å². The third kappa shape index (κ3) is 4.33. The monoisotopic (exact) mass is 270 g/mol. The van der Waals surface area contributed by atoms with Gasteiger partial charge in [0.15, 0.2) is 0 Å². The highest BCUT2D eigenvalue weighted by molar-refractivity contribution is 5.74. The highest BCUT2D eigenvalue weighted by Gasteiger charge is 2.24. The minimum absolute atomic E-state index is 0.184. The first-order valence-electron chi connectivity index (χ1n) is 7.35. The molecule has 0 aromatic heterocycles. The highest BCUT2D eigenvalue weighted by atomic mass is 16.5. The number of nitrogens with two attached hydrogens (primary N) is 1. The lowest BCUT2D eigenvalue weighted by Gasteiger charge is -2.32. The lowest BCUT2D eigenvalue weighted by atomic mass is 10.3. The van der Waals surface area contributed by atoms with Crippen LogP contribution < -0.4 is 5.73 Å². The molecule has 6 heteroatoms. The number of nitrogens with zero attached hydrogens (tertiary/aromatic N) is 3. The fourth-order valence-corrected chi connectivity index (χ4v) is 2.66. The average Bonchev–Trinajstić information content (AvgIpc) is 2.71. The van der Waals surface area contributed by atoms with E-state index in [2.05, 4.69) is 4.90 Å². The summed E-state index contributed by atoms with van der Waals surface area (Å²) in [6.45, 7) is 8.34. The predicted octanol–water partition coefficient (Wildman–Crippen LogP) is -0.205. The Morgan fingerprint density at radius 2 is 1.74 bits per heavy atom. The second-order valence-corrected chi connectivity index (χ2v) is 5.21. The molecule has 6 nitrogen and oxygen atoms in total. The fraction of sp³-hybridized carbons (Fsp3) is 0.923. The second-order valence-electron chi connectivity index (χ2n) is 5.21. The first-order chi connectivity index (χ1) is 9.31. The molecule has 0 aromatic rings. The van der Waals surface area contributed by atoms with Crippen LogP contribution in [0, 0.1) is 0 Å². The molecule has 0 atom stereocenters. The average molecular weight is 270 g/mol. The summed E-state index contributed by atoms with van der Waals surface area (Å²) in [6.07, 6.45) is 2.10. The Hall–Kier alpha value is -0.850. The number of morpholine rings is 1. The molecule has 19 heavy (non-hydrogen) atoms. The van der Waals surface area contributed by atoms with Crippen molar-refractivity contribution in [2.24, 2.45) is 5.73 Å². The van der Waals surface area contributed by atoms with E-state index in [1.54, 1.807) is 0 Å². The maximum absolute atomic E-state index is 12.4. The molecule has 2 N–H and O–H groups in total. The molecule has 2 fully saturated rings. The van der Waals surface area contributed by atoms with Crippen LogP contribution in [0.4, 0.5) is 4.79 Å². The van der Waals surface area contributed by atoms with Gasteiger partial charge in [-0.2, -0.15) is 0 Å². The van der Waals surface area contributed by atoms with E-state index >= 15 is 0 Å². The Bertz CT molecular complexity index is 282. The summed E-state index contributed by atoms with van der Waals surface area (Å²) in [4.78, 5) is 18.7. The van der Waals surface area contributed by atoms with Crippen LogP contribution in [0.5, 0.6) is 0 Å². The molecule has 2 amide bonds. The number of hydrogen-bond donors (Lipinski definition) is 1. The Kier molecular flexibility index (Phi) is 5.88. The van der Waals surface area contributed by atoms with Gasteiger partial charge in [-0.1, -0.05) is 0 Å². The van der Waals surface area contributed by atoms with Crippen molar-refractivity contribution in [2.45, 2.75) is 12.8 Å². The lowest BCUT2D eigenvalue weighted by molar-refractivity contribution is 0.0436. The van der Waals surface area contributed by atoms with E-state index in [-0.39, 0.29) is 6.03 Å². The van der Waals surface area contributed by atoms with Crippen molar-refractivity contribution in [3.63, 3.8) is 0 Å². The van der Waals surface area contributed by atoms with E-state index in [4.69, 9.17) is 10.5 Å². The largest absolute Gasteiger partial charge is 0.378 e. The van der Waals surface area contributed by atoms with Gasteiger partial charge in [-0.15, -0.1) is 0 Å². The zero-order valence-electron chi connectivity index (χ0n) is 11.7. The van der Waals surface area contributed by atoms with Gasteiger partial charge in [0.1, 0.15) is 0 Å². The Morgan fingerprint density at radius 3 is 2.47 bits per heavy atom. The number of hydrogen-bond acceptors (Lipinski definition) is 4. The molecule has 2 aliphatic heterocycles. The van der Waals surface area contributed by atoms with Gasteiger partial charge in [-0.05, 0) is 32.5 Å². The quantitative estimate of drug-likeness (QED) is 0.771. The van der Waals surface area contributed by atoms with Crippen LogP contribution in [0.3, 0.4) is 0 Å². The number of amides is 2.